The highest BCUT2D eigenvalue weighted by Gasteiger charge is 2.25. The van der Waals surface area contributed by atoms with E-state index in [-0.39, 0.29) is 23.8 Å². The number of rotatable bonds is 5. The third-order valence-corrected chi connectivity index (χ3v) is 3.65. The second kappa shape index (κ2) is 6.89. The van der Waals surface area contributed by atoms with E-state index in [1.807, 2.05) is 20.9 Å². The molecule has 0 spiro atoms. The Kier molecular flexibility index (Phi) is 5.79. The molecule has 1 heterocycles. The fraction of sp³-hybridized carbons (Fsp3) is 0.857. The lowest BCUT2D eigenvalue weighted by Gasteiger charge is -2.35. The number of hydrogen-bond donors (Lipinski definition) is 1. The molecule has 1 saturated heterocycles. The number of nitrogens with one attached hydrogen (secondary N) is 1. The van der Waals surface area contributed by atoms with Gasteiger partial charge in [0.15, 0.2) is 0 Å². The molecule has 2 amide bonds. The first-order chi connectivity index (χ1) is 8.81. The Morgan fingerprint density at radius 3 is 2.37 bits per heavy atom. The quantitative estimate of drug-likeness (QED) is 0.793. The summed E-state index contributed by atoms with van der Waals surface area (Å²) >= 11 is 0. The molecular weight excluding hydrogens is 242 g/mol. The normalized spacial score (nSPS) is 19.1. The van der Waals surface area contributed by atoms with Crippen molar-refractivity contribution in [1.29, 1.82) is 0 Å². The molecule has 1 aliphatic rings. The summed E-state index contributed by atoms with van der Waals surface area (Å²) in [6, 6.07) is 0.103. The van der Waals surface area contributed by atoms with Crippen LogP contribution in [0.5, 0.6) is 0 Å². The molecule has 1 rings (SSSR count). The third-order valence-electron chi connectivity index (χ3n) is 3.65. The maximum absolute atomic E-state index is 11.8. The highest BCUT2D eigenvalue weighted by atomic mass is 16.2. The van der Waals surface area contributed by atoms with Crippen molar-refractivity contribution in [3.63, 3.8) is 0 Å². The summed E-state index contributed by atoms with van der Waals surface area (Å²) in [5.41, 5.74) is 0. The van der Waals surface area contributed by atoms with Gasteiger partial charge in [0.25, 0.3) is 0 Å². The van der Waals surface area contributed by atoms with E-state index in [9.17, 15) is 9.59 Å². The predicted molar refractivity (Wildman–Crippen MR) is 75.7 cm³/mol. The smallest absolute Gasteiger partial charge is 0.236 e. The highest BCUT2D eigenvalue weighted by molar-refractivity contribution is 5.79. The largest absolute Gasteiger partial charge is 0.352 e. The minimum atomic E-state index is -0.00429. The molecule has 0 radical (unpaired) electrons. The van der Waals surface area contributed by atoms with Gasteiger partial charge in [-0.25, -0.2) is 0 Å². The topological polar surface area (TPSA) is 52.7 Å². The van der Waals surface area contributed by atoms with Crippen LogP contribution in [0.3, 0.4) is 0 Å². The maximum Gasteiger partial charge on any atom is 0.236 e. The first-order valence-electron chi connectivity index (χ1n) is 7.08. The molecule has 5 heteroatoms. The minimum absolute atomic E-state index is 0.00429. The Balaban J connectivity index is 2.54. The van der Waals surface area contributed by atoms with Crippen LogP contribution in [0.2, 0.25) is 0 Å². The lowest BCUT2D eigenvalue weighted by Crippen LogP contribution is -2.54. The Morgan fingerprint density at radius 2 is 1.89 bits per heavy atom. The molecule has 110 valence electrons. The average molecular weight is 269 g/mol. The molecule has 0 aromatic carbocycles. The van der Waals surface area contributed by atoms with Crippen LogP contribution in [-0.4, -0.2) is 60.9 Å². The van der Waals surface area contributed by atoms with Gasteiger partial charge >= 0.3 is 0 Å². The molecule has 1 N–H and O–H groups in total. The van der Waals surface area contributed by atoms with Crippen molar-refractivity contribution in [2.45, 2.75) is 33.7 Å². The van der Waals surface area contributed by atoms with Crippen molar-refractivity contribution in [1.82, 2.24) is 15.1 Å². The molecule has 0 saturated carbocycles. The lowest BCUT2D eigenvalue weighted by atomic mass is 10.0. The van der Waals surface area contributed by atoms with Gasteiger partial charge in [-0.3, -0.25) is 14.5 Å². The summed E-state index contributed by atoms with van der Waals surface area (Å²) in [6.45, 7) is 10.8. The second-order valence-electron chi connectivity index (χ2n) is 6.06. The summed E-state index contributed by atoms with van der Waals surface area (Å²) in [5.74, 6) is 0.593. The summed E-state index contributed by atoms with van der Waals surface area (Å²) < 4.78 is 0. The highest BCUT2D eigenvalue weighted by Crippen LogP contribution is 2.08. The van der Waals surface area contributed by atoms with Crippen molar-refractivity contribution in [2.75, 3.05) is 33.2 Å². The fourth-order valence-electron chi connectivity index (χ4n) is 2.01. The van der Waals surface area contributed by atoms with Gasteiger partial charge in [0.05, 0.1) is 6.54 Å². The van der Waals surface area contributed by atoms with E-state index in [0.717, 1.165) is 19.6 Å². The molecule has 19 heavy (non-hydrogen) atoms. The number of carbonyl (C=O) groups excluding carboxylic acids is 2. The number of nitrogens with zero attached hydrogens (tertiary/aromatic N) is 2. The van der Waals surface area contributed by atoms with Gasteiger partial charge in [0, 0.05) is 38.6 Å². The zero-order chi connectivity index (χ0) is 14.6. The lowest BCUT2D eigenvalue weighted by molar-refractivity contribution is -0.134. The average Bonchev–Trinajstić information content (AvgIpc) is 2.32. The van der Waals surface area contributed by atoms with E-state index in [1.54, 1.807) is 4.90 Å². The third kappa shape index (κ3) is 4.82. The SMILES string of the molecule is CC(C)C(=O)NC(CN1CCN(C)C(=O)C1)C(C)C. The molecule has 0 aliphatic carbocycles. The molecule has 5 nitrogen and oxygen atoms in total. The molecule has 1 aliphatic heterocycles. The van der Waals surface area contributed by atoms with Gasteiger partial charge in [-0.2, -0.15) is 0 Å². The van der Waals surface area contributed by atoms with E-state index in [4.69, 9.17) is 0 Å². The van der Waals surface area contributed by atoms with Crippen molar-refractivity contribution in [3.8, 4) is 0 Å². The van der Waals surface area contributed by atoms with E-state index in [1.165, 1.54) is 0 Å². The van der Waals surface area contributed by atoms with Crippen LogP contribution >= 0.6 is 0 Å². The number of likely N-dealkylation sites (N-methyl/N-ethyl adjacent to an activating group) is 1. The van der Waals surface area contributed by atoms with E-state index >= 15 is 0 Å². The zero-order valence-corrected chi connectivity index (χ0v) is 12.8. The van der Waals surface area contributed by atoms with Crippen LogP contribution in [-0.2, 0) is 9.59 Å². The van der Waals surface area contributed by atoms with Crippen LogP contribution in [0.1, 0.15) is 27.7 Å². The second-order valence-corrected chi connectivity index (χ2v) is 6.06. The minimum Gasteiger partial charge on any atom is -0.352 e. The van der Waals surface area contributed by atoms with Crippen LogP contribution < -0.4 is 5.32 Å². The molecule has 0 aromatic heterocycles. The Hall–Kier alpha value is -1.10. The van der Waals surface area contributed by atoms with Crippen LogP contribution in [0.4, 0.5) is 0 Å². The summed E-state index contributed by atoms with van der Waals surface area (Å²) in [7, 11) is 1.83. The predicted octanol–water partition coefficient (Wildman–Crippen LogP) is 0.557. The van der Waals surface area contributed by atoms with Gasteiger partial charge in [-0.1, -0.05) is 27.7 Å². The van der Waals surface area contributed by atoms with Crippen LogP contribution in [0.25, 0.3) is 0 Å². The van der Waals surface area contributed by atoms with Crippen molar-refractivity contribution < 1.29 is 9.59 Å². The van der Waals surface area contributed by atoms with E-state index in [2.05, 4.69) is 24.1 Å². The molecule has 0 aromatic rings. The van der Waals surface area contributed by atoms with Crippen LogP contribution in [0.15, 0.2) is 0 Å². The maximum atomic E-state index is 11.8. The first kappa shape index (κ1) is 16.0. The Morgan fingerprint density at radius 1 is 1.26 bits per heavy atom. The number of piperazine rings is 1. The van der Waals surface area contributed by atoms with Gasteiger partial charge in [0.1, 0.15) is 0 Å². The molecule has 1 atom stereocenters. The summed E-state index contributed by atoms with van der Waals surface area (Å²) in [4.78, 5) is 27.4. The van der Waals surface area contributed by atoms with Gasteiger partial charge in [0.2, 0.25) is 11.8 Å². The van der Waals surface area contributed by atoms with Crippen molar-refractivity contribution >= 4 is 11.8 Å². The van der Waals surface area contributed by atoms with Gasteiger partial charge < -0.3 is 10.2 Å². The molecule has 0 bridgehead atoms. The molecule has 1 fully saturated rings. The van der Waals surface area contributed by atoms with E-state index in [0.29, 0.717) is 12.5 Å². The Bertz CT molecular complexity index is 329. The van der Waals surface area contributed by atoms with Crippen LogP contribution in [0, 0.1) is 11.8 Å². The first-order valence-corrected chi connectivity index (χ1v) is 7.08. The zero-order valence-electron chi connectivity index (χ0n) is 12.8. The number of carbonyl (C=O) groups is 2. The summed E-state index contributed by atoms with van der Waals surface area (Å²) in [5, 5.41) is 3.08. The molecule has 1 unspecified atom stereocenters. The Labute approximate surface area is 116 Å². The van der Waals surface area contributed by atoms with Gasteiger partial charge in [-0.05, 0) is 5.92 Å². The fourth-order valence-corrected chi connectivity index (χ4v) is 2.01. The number of hydrogen-bond acceptors (Lipinski definition) is 3. The van der Waals surface area contributed by atoms with Crippen molar-refractivity contribution in [2.24, 2.45) is 11.8 Å². The summed E-state index contributed by atoms with van der Waals surface area (Å²) in [6.07, 6.45) is 0. The van der Waals surface area contributed by atoms with Crippen molar-refractivity contribution in [3.05, 3.63) is 0 Å². The number of amides is 2. The van der Waals surface area contributed by atoms with Gasteiger partial charge in [-0.15, -0.1) is 0 Å². The monoisotopic (exact) mass is 269 g/mol. The standard InChI is InChI=1S/C14H27N3O2/c1-10(2)12(15-14(19)11(3)4)8-17-7-6-16(5)13(18)9-17/h10-12H,6-9H2,1-5H3,(H,15,19). The molecular formula is C14H27N3O2. The van der Waals surface area contributed by atoms with E-state index < -0.39 is 0 Å².